The number of carbonyl (C=O) groups excluding carboxylic acids is 1. The highest BCUT2D eigenvalue weighted by molar-refractivity contribution is 5.94. The van der Waals surface area contributed by atoms with Crippen LogP contribution in [0.4, 0.5) is 0 Å². The fourth-order valence-electron chi connectivity index (χ4n) is 2.91. The maximum absolute atomic E-state index is 12.5. The number of quaternary nitrogens is 1. The van der Waals surface area contributed by atoms with Crippen molar-refractivity contribution in [3.8, 4) is 5.75 Å². The number of nitrogens with zero attached hydrogens (tertiary/aromatic N) is 2. The highest BCUT2D eigenvalue weighted by Crippen LogP contribution is 2.13. The molecule has 1 aromatic heterocycles. The minimum absolute atomic E-state index is 0.107. The van der Waals surface area contributed by atoms with Gasteiger partial charge < -0.3 is 14.5 Å². The van der Waals surface area contributed by atoms with Gasteiger partial charge in [0.2, 0.25) is 0 Å². The van der Waals surface area contributed by atoms with Crippen LogP contribution in [-0.2, 0) is 6.54 Å². The molecule has 0 aliphatic carbocycles. The first-order valence-electron chi connectivity index (χ1n) is 7.92. The van der Waals surface area contributed by atoms with E-state index in [1.165, 1.54) is 10.5 Å². The van der Waals surface area contributed by atoms with E-state index in [4.69, 9.17) is 4.74 Å². The van der Waals surface area contributed by atoms with Crippen molar-refractivity contribution in [3.05, 3.63) is 59.9 Å². The Morgan fingerprint density at radius 1 is 1.13 bits per heavy atom. The largest absolute Gasteiger partial charge is 0.497 e. The number of piperazine rings is 1. The lowest BCUT2D eigenvalue weighted by molar-refractivity contribution is -0.917. The SMILES string of the molecule is COc1ccc(C(=O)N2CC[NH+](Cc3ccncc3)CC2)cc1. The fourth-order valence-corrected chi connectivity index (χ4v) is 2.91. The Kier molecular flexibility index (Phi) is 4.88. The van der Waals surface area contributed by atoms with E-state index in [2.05, 4.69) is 17.1 Å². The summed E-state index contributed by atoms with van der Waals surface area (Å²) < 4.78 is 5.13. The zero-order valence-corrected chi connectivity index (χ0v) is 13.4. The molecule has 1 fully saturated rings. The van der Waals surface area contributed by atoms with Gasteiger partial charge in [-0.3, -0.25) is 9.78 Å². The smallest absolute Gasteiger partial charge is 0.254 e. The number of nitrogens with one attached hydrogen (secondary N) is 1. The first kappa shape index (κ1) is 15.5. The predicted octanol–water partition coefficient (Wildman–Crippen LogP) is 0.631. The van der Waals surface area contributed by atoms with Gasteiger partial charge in [0.15, 0.2) is 0 Å². The van der Waals surface area contributed by atoms with E-state index in [0.29, 0.717) is 0 Å². The first-order chi connectivity index (χ1) is 11.3. The van der Waals surface area contributed by atoms with Crippen LogP contribution in [0.5, 0.6) is 5.75 Å². The third kappa shape index (κ3) is 3.87. The lowest BCUT2D eigenvalue weighted by Gasteiger charge is -2.32. The Bertz CT molecular complexity index is 635. The maximum atomic E-state index is 12.5. The minimum Gasteiger partial charge on any atom is -0.497 e. The van der Waals surface area contributed by atoms with Crippen molar-refractivity contribution in [3.63, 3.8) is 0 Å². The zero-order valence-electron chi connectivity index (χ0n) is 13.4. The number of ether oxygens (including phenoxy) is 1. The number of benzene rings is 1. The lowest BCUT2D eigenvalue weighted by atomic mass is 10.1. The Labute approximate surface area is 136 Å². The van der Waals surface area contributed by atoms with E-state index >= 15 is 0 Å². The second-order valence-electron chi connectivity index (χ2n) is 5.80. The molecule has 0 bridgehead atoms. The third-order valence-electron chi connectivity index (χ3n) is 4.30. The van der Waals surface area contributed by atoms with Crippen LogP contribution in [0.2, 0.25) is 0 Å². The van der Waals surface area contributed by atoms with Crippen molar-refractivity contribution < 1.29 is 14.4 Å². The van der Waals surface area contributed by atoms with Gasteiger partial charge in [0.05, 0.1) is 33.3 Å². The van der Waals surface area contributed by atoms with Crippen molar-refractivity contribution in [2.24, 2.45) is 0 Å². The van der Waals surface area contributed by atoms with Gasteiger partial charge in [0.1, 0.15) is 12.3 Å². The summed E-state index contributed by atoms with van der Waals surface area (Å²) in [6.45, 7) is 4.54. The average Bonchev–Trinajstić information content (AvgIpc) is 2.63. The average molecular weight is 312 g/mol. The molecule has 2 aromatic rings. The third-order valence-corrected chi connectivity index (χ3v) is 4.30. The Morgan fingerprint density at radius 3 is 2.39 bits per heavy atom. The van der Waals surface area contributed by atoms with E-state index < -0.39 is 0 Å². The molecule has 3 rings (SSSR count). The molecule has 0 spiro atoms. The topological polar surface area (TPSA) is 46.9 Å². The minimum atomic E-state index is 0.107. The highest BCUT2D eigenvalue weighted by Gasteiger charge is 2.24. The van der Waals surface area contributed by atoms with Gasteiger partial charge in [-0.05, 0) is 36.4 Å². The molecule has 1 aliphatic rings. The van der Waals surface area contributed by atoms with Crippen molar-refractivity contribution in [1.82, 2.24) is 9.88 Å². The molecule has 23 heavy (non-hydrogen) atoms. The predicted molar refractivity (Wildman–Crippen MR) is 87.5 cm³/mol. The molecule has 1 aliphatic heterocycles. The fraction of sp³-hybridized carbons (Fsp3) is 0.333. The summed E-state index contributed by atoms with van der Waals surface area (Å²) in [5.74, 6) is 0.878. The van der Waals surface area contributed by atoms with Crippen LogP contribution in [0.1, 0.15) is 15.9 Å². The van der Waals surface area contributed by atoms with E-state index in [1.807, 2.05) is 41.6 Å². The molecule has 2 heterocycles. The second-order valence-corrected chi connectivity index (χ2v) is 5.80. The molecule has 5 nitrogen and oxygen atoms in total. The van der Waals surface area contributed by atoms with Gasteiger partial charge in [-0.15, -0.1) is 0 Å². The molecule has 120 valence electrons. The van der Waals surface area contributed by atoms with Crippen LogP contribution in [-0.4, -0.2) is 49.1 Å². The molecule has 0 saturated carbocycles. The van der Waals surface area contributed by atoms with Crippen LogP contribution in [0.15, 0.2) is 48.8 Å². The maximum Gasteiger partial charge on any atom is 0.254 e. The standard InChI is InChI=1S/C18H21N3O2/c1-23-17-4-2-16(3-5-17)18(22)21-12-10-20(11-13-21)14-15-6-8-19-9-7-15/h2-9H,10-14H2,1H3/p+1. The summed E-state index contributed by atoms with van der Waals surface area (Å²) in [7, 11) is 1.63. The van der Waals surface area contributed by atoms with Crippen LogP contribution in [0, 0.1) is 0 Å². The van der Waals surface area contributed by atoms with Gasteiger partial charge in [0, 0.05) is 23.5 Å². The Balaban J connectivity index is 1.54. The number of hydrogen-bond acceptors (Lipinski definition) is 3. The number of methoxy groups -OCH3 is 1. The molecule has 5 heteroatoms. The molecular weight excluding hydrogens is 290 g/mol. The van der Waals surface area contributed by atoms with Gasteiger partial charge in [-0.25, -0.2) is 0 Å². The summed E-state index contributed by atoms with van der Waals surface area (Å²) in [5, 5.41) is 0. The van der Waals surface area contributed by atoms with Crippen LogP contribution < -0.4 is 9.64 Å². The van der Waals surface area contributed by atoms with Gasteiger partial charge in [0.25, 0.3) is 5.91 Å². The van der Waals surface area contributed by atoms with E-state index in [0.717, 1.165) is 44.0 Å². The lowest BCUT2D eigenvalue weighted by Crippen LogP contribution is -3.13. The molecule has 1 N–H and O–H groups in total. The summed E-state index contributed by atoms with van der Waals surface area (Å²) in [4.78, 5) is 20.0. The van der Waals surface area contributed by atoms with Crippen molar-refractivity contribution >= 4 is 5.91 Å². The second kappa shape index (κ2) is 7.24. The highest BCUT2D eigenvalue weighted by atomic mass is 16.5. The zero-order chi connectivity index (χ0) is 16.1. The number of pyridine rings is 1. The summed E-state index contributed by atoms with van der Waals surface area (Å²) >= 11 is 0. The molecule has 1 aromatic carbocycles. The summed E-state index contributed by atoms with van der Waals surface area (Å²) in [6.07, 6.45) is 3.66. The Hall–Kier alpha value is -2.40. The number of carbonyl (C=O) groups is 1. The molecule has 0 atom stereocenters. The normalized spacial score (nSPS) is 15.4. The van der Waals surface area contributed by atoms with Gasteiger partial charge >= 0.3 is 0 Å². The number of amides is 1. The van der Waals surface area contributed by atoms with Crippen molar-refractivity contribution in [1.29, 1.82) is 0 Å². The summed E-state index contributed by atoms with van der Waals surface area (Å²) in [5.41, 5.74) is 2.02. The molecular formula is C18H22N3O2+. The summed E-state index contributed by atoms with van der Waals surface area (Å²) in [6, 6.07) is 11.4. The van der Waals surface area contributed by atoms with Gasteiger partial charge in [-0.1, -0.05) is 0 Å². The molecule has 0 unspecified atom stereocenters. The quantitative estimate of drug-likeness (QED) is 0.901. The first-order valence-corrected chi connectivity index (χ1v) is 7.92. The van der Waals surface area contributed by atoms with Crippen molar-refractivity contribution in [2.75, 3.05) is 33.3 Å². The van der Waals surface area contributed by atoms with Crippen molar-refractivity contribution in [2.45, 2.75) is 6.54 Å². The van der Waals surface area contributed by atoms with E-state index in [-0.39, 0.29) is 5.91 Å². The van der Waals surface area contributed by atoms with E-state index in [9.17, 15) is 4.79 Å². The molecule has 0 radical (unpaired) electrons. The van der Waals surface area contributed by atoms with Gasteiger partial charge in [-0.2, -0.15) is 0 Å². The molecule has 1 amide bonds. The monoisotopic (exact) mass is 312 g/mol. The van der Waals surface area contributed by atoms with Crippen LogP contribution in [0.3, 0.4) is 0 Å². The van der Waals surface area contributed by atoms with Crippen LogP contribution >= 0.6 is 0 Å². The number of aromatic nitrogens is 1. The number of rotatable bonds is 4. The Morgan fingerprint density at radius 2 is 1.78 bits per heavy atom. The molecule has 1 saturated heterocycles. The van der Waals surface area contributed by atoms with E-state index in [1.54, 1.807) is 7.11 Å². The number of hydrogen-bond donors (Lipinski definition) is 1. The van der Waals surface area contributed by atoms with Crippen LogP contribution in [0.25, 0.3) is 0 Å².